The van der Waals surface area contributed by atoms with Crippen LogP contribution in [0.1, 0.15) is 39.0 Å². The highest BCUT2D eigenvalue weighted by molar-refractivity contribution is 6.07. The van der Waals surface area contributed by atoms with Crippen molar-refractivity contribution < 1.29 is 15.0 Å². The Morgan fingerprint density at radius 3 is 2.67 bits per heavy atom. The molecule has 5 rings (SSSR count). The largest absolute Gasteiger partial charge is 0.393 e. The summed E-state index contributed by atoms with van der Waals surface area (Å²) in [7, 11) is 0. The molecule has 0 aliphatic carbocycles. The van der Waals surface area contributed by atoms with Gasteiger partial charge >= 0.3 is 0 Å². The van der Waals surface area contributed by atoms with Gasteiger partial charge in [-0.05, 0) is 56.7 Å². The van der Waals surface area contributed by atoms with Crippen LogP contribution in [0.3, 0.4) is 0 Å². The molecule has 1 atom stereocenters. The number of hydrogen-bond acceptors (Lipinski definition) is 6. The molecule has 2 aromatic heterocycles. The second kappa shape index (κ2) is 8.06. The van der Waals surface area contributed by atoms with Gasteiger partial charge in [0.25, 0.3) is 5.91 Å². The Morgan fingerprint density at radius 1 is 1.09 bits per heavy atom. The number of rotatable bonds is 4. The monoisotopic (exact) mass is 443 g/mol. The number of carbonyl (C=O) groups is 1. The quantitative estimate of drug-likeness (QED) is 0.502. The number of fused-ring (bicyclic) bond motifs is 2. The fourth-order valence-corrected chi connectivity index (χ4v) is 4.45. The van der Waals surface area contributed by atoms with Crippen LogP contribution in [0.25, 0.3) is 22.3 Å². The van der Waals surface area contributed by atoms with Gasteiger partial charge < -0.3 is 15.1 Å². The summed E-state index contributed by atoms with van der Waals surface area (Å²) in [5, 5.41) is 24.7. The minimum absolute atomic E-state index is 0.171. The first-order valence-corrected chi connectivity index (χ1v) is 10.9. The van der Waals surface area contributed by atoms with Crippen LogP contribution in [0.5, 0.6) is 0 Å². The van der Waals surface area contributed by atoms with E-state index in [4.69, 9.17) is 4.98 Å². The average Bonchev–Trinajstić information content (AvgIpc) is 3.16. The van der Waals surface area contributed by atoms with Gasteiger partial charge in [-0.1, -0.05) is 11.6 Å². The summed E-state index contributed by atoms with van der Waals surface area (Å²) in [5.74, 6) is 0.471. The van der Waals surface area contributed by atoms with Crippen LogP contribution in [-0.4, -0.2) is 49.0 Å². The van der Waals surface area contributed by atoms with Gasteiger partial charge in [0.1, 0.15) is 11.8 Å². The maximum atomic E-state index is 13.3. The Bertz CT molecular complexity index is 1390. The van der Waals surface area contributed by atoms with E-state index in [0.717, 1.165) is 27.7 Å². The van der Waals surface area contributed by atoms with E-state index < -0.39 is 12.7 Å². The summed E-state index contributed by atoms with van der Waals surface area (Å²) in [6.07, 6.45) is 0.737. The number of anilines is 1. The molecule has 8 nitrogen and oxygen atoms in total. The van der Waals surface area contributed by atoms with Crippen LogP contribution < -0.4 is 4.90 Å². The lowest BCUT2D eigenvalue weighted by molar-refractivity contribution is 0.0911. The zero-order chi connectivity index (χ0) is 23.3. The lowest BCUT2D eigenvalue weighted by atomic mass is 10.1. The van der Waals surface area contributed by atoms with E-state index in [-0.39, 0.29) is 5.91 Å². The summed E-state index contributed by atoms with van der Waals surface area (Å²) in [6, 6.07) is 12.0. The molecule has 0 fully saturated rings. The number of benzene rings is 2. The Balaban J connectivity index is 1.47. The molecule has 2 N–H and O–H groups in total. The summed E-state index contributed by atoms with van der Waals surface area (Å²) >= 11 is 0. The Hall–Kier alpha value is -3.62. The van der Waals surface area contributed by atoms with Crippen molar-refractivity contribution in [2.24, 2.45) is 0 Å². The zero-order valence-corrected chi connectivity index (χ0v) is 18.8. The lowest BCUT2D eigenvalue weighted by Gasteiger charge is -2.29. The predicted molar refractivity (Wildman–Crippen MR) is 125 cm³/mol. The molecule has 0 saturated carbocycles. The van der Waals surface area contributed by atoms with Crippen LogP contribution in [0.4, 0.5) is 5.69 Å². The number of aliphatic hydroxyl groups is 2. The number of nitrogens with zero attached hydrogens (tertiary/aromatic N) is 5. The summed E-state index contributed by atoms with van der Waals surface area (Å²) in [4.78, 5) is 24.3. The van der Waals surface area contributed by atoms with Crippen LogP contribution in [-0.2, 0) is 6.54 Å². The molecule has 1 unspecified atom stereocenters. The molecule has 2 aromatic carbocycles. The van der Waals surface area contributed by atoms with Crippen LogP contribution in [0, 0.1) is 20.8 Å². The first kappa shape index (κ1) is 21.2. The standard InChI is InChI=1S/C25H25N5O3/c1-14-4-6-19-18(10-14)12-26-24(27-19)17-5-7-20(15(2)11-17)29-8-9-30-23(25(29)33)16(3)22(28-30)21(32)13-31/h4-7,10-12,21,31-32H,8-9,13H2,1-3H3. The molecule has 1 aliphatic heterocycles. The summed E-state index contributed by atoms with van der Waals surface area (Å²) in [5.41, 5.74) is 6.09. The number of amides is 1. The van der Waals surface area contributed by atoms with Crippen molar-refractivity contribution in [2.45, 2.75) is 33.4 Å². The van der Waals surface area contributed by atoms with Gasteiger partial charge in [0.2, 0.25) is 0 Å². The van der Waals surface area contributed by atoms with Crippen molar-refractivity contribution >= 4 is 22.5 Å². The van der Waals surface area contributed by atoms with Crippen molar-refractivity contribution in [1.29, 1.82) is 0 Å². The number of carbonyl (C=O) groups excluding carboxylic acids is 1. The fraction of sp³-hybridized carbons (Fsp3) is 0.280. The van der Waals surface area contributed by atoms with E-state index in [2.05, 4.69) is 16.1 Å². The molecular weight excluding hydrogens is 418 g/mol. The highest BCUT2D eigenvalue weighted by Crippen LogP contribution is 2.31. The molecule has 3 heterocycles. The second-order valence-corrected chi connectivity index (χ2v) is 8.49. The summed E-state index contributed by atoms with van der Waals surface area (Å²) in [6.45, 7) is 6.30. The van der Waals surface area contributed by atoms with E-state index in [0.29, 0.717) is 35.9 Å². The van der Waals surface area contributed by atoms with Crippen LogP contribution in [0.2, 0.25) is 0 Å². The molecule has 4 aromatic rings. The second-order valence-electron chi connectivity index (χ2n) is 8.49. The summed E-state index contributed by atoms with van der Waals surface area (Å²) < 4.78 is 1.62. The van der Waals surface area contributed by atoms with E-state index >= 15 is 0 Å². The molecule has 0 bridgehead atoms. The van der Waals surface area contributed by atoms with Crippen molar-refractivity contribution in [3.05, 3.63) is 70.7 Å². The van der Waals surface area contributed by atoms with Gasteiger partial charge in [-0.3, -0.25) is 9.48 Å². The van der Waals surface area contributed by atoms with Gasteiger partial charge in [0.15, 0.2) is 5.82 Å². The maximum absolute atomic E-state index is 13.3. The Labute approximate surface area is 191 Å². The van der Waals surface area contributed by atoms with Gasteiger partial charge in [0.05, 0.1) is 24.4 Å². The van der Waals surface area contributed by atoms with E-state index in [9.17, 15) is 15.0 Å². The molecule has 8 heteroatoms. The zero-order valence-electron chi connectivity index (χ0n) is 18.8. The third-order valence-corrected chi connectivity index (χ3v) is 6.18. The van der Waals surface area contributed by atoms with E-state index in [1.165, 1.54) is 5.56 Å². The molecule has 168 valence electrons. The van der Waals surface area contributed by atoms with Crippen molar-refractivity contribution in [3.63, 3.8) is 0 Å². The Morgan fingerprint density at radius 2 is 1.91 bits per heavy atom. The smallest absolute Gasteiger partial charge is 0.276 e. The fourth-order valence-electron chi connectivity index (χ4n) is 4.45. The molecule has 1 aliphatic rings. The Kier molecular flexibility index (Phi) is 5.19. The highest BCUT2D eigenvalue weighted by Gasteiger charge is 2.32. The normalized spacial score (nSPS) is 14.6. The first-order chi connectivity index (χ1) is 15.9. The minimum Gasteiger partial charge on any atom is -0.393 e. The third kappa shape index (κ3) is 3.57. The van der Waals surface area contributed by atoms with Gasteiger partial charge in [-0.25, -0.2) is 9.97 Å². The first-order valence-electron chi connectivity index (χ1n) is 10.9. The van der Waals surface area contributed by atoms with Gasteiger partial charge in [-0.15, -0.1) is 0 Å². The molecule has 0 spiro atoms. The molecule has 33 heavy (non-hydrogen) atoms. The number of aryl methyl sites for hydroxylation is 2. The van der Waals surface area contributed by atoms with E-state index in [1.54, 1.807) is 16.5 Å². The highest BCUT2D eigenvalue weighted by atomic mass is 16.3. The number of hydrogen-bond donors (Lipinski definition) is 2. The topological polar surface area (TPSA) is 104 Å². The van der Waals surface area contributed by atoms with Crippen molar-refractivity contribution in [3.8, 4) is 11.4 Å². The van der Waals surface area contributed by atoms with Crippen molar-refractivity contribution in [2.75, 3.05) is 18.1 Å². The van der Waals surface area contributed by atoms with Crippen molar-refractivity contribution in [1.82, 2.24) is 19.7 Å². The lowest BCUT2D eigenvalue weighted by Crippen LogP contribution is -2.41. The molecule has 1 amide bonds. The maximum Gasteiger partial charge on any atom is 0.276 e. The van der Waals surface area contributed by atoms with Gasteiger partial charge in [-0.2, -0.15) is 5.10 Å². The van der Waals surface area contributed by atoms with Crippen LogP contribution >= 0.6 is 0 Å². The average molecular weight is 444 g/mol. The predicted octanol–water partition coefficient (Wildman–Crippen LogP) is 3.10. The minimum atomic E-state index is -1.10. The number of aliphatic hydroxyl groups excluding tert-OH is 2. The molecule has 0 saturated heterocycles. The molecular formula is C25H25N5O3. The number of aromatic nitrogens is 4. The SMILES string of the molecule is Cc1ccc2nc(-c3ccc(N4CCn5nc(C(O)CO)c(C)c5C4=O)c(C)c3)ncc2c1. The third-order valence-electron chi connectivity index (χ3n) is 6.18. The van der Waals surface area contributed by atoms with Crippen LogP contribution in [0.15, 0.2) is 42.6 Å². The van der Waals surface area contributed by atoms with Gasteiger partial charge in [0, 0.05) is 34.9 Å². The molecule has 0 radical (unpaired) electrons. The van der Waals surface area contributed by atoms with E-state index in [1.807, 2.05) is 50.4 Å².